The fourth-order valence-electron chi connectivity index (χ4n) is 2.38. The summed E-state index contributed by atoms with van der Waals surface area (Å²) in [4.78, 5) is 4.25. The zero-order valence-electron chi connectivity index (χ0n) is 15.4. The Morgan fingerprint density at radius 1 is 1.04 bits per heavy atom. The number of nitrogens with one attached hydrogen (secondary N) is 2. The maximum atomic E-state index is 6.00. The van der Waals surface area contributed by atoms with E-state index in [-0.39, 0.29) is 0 Å². The molecule has 0 aliphatic carbocycles. The summed E-state index contributed by atoms with van der Waals surface area (Å²) in [5, 5.41) is 7.12. The van der Waals surface area contributed by atoms with Crippen molar-refractivity contribution < 1.29 is 14.2 Å². The van der Waals surface area contributed by atoms with Gasteiger partial charge in [-0.3, -0.25) is 4.99 Å². The molecule has 26 heavy (non-hydrogen) atoms. The Balaban J connectivity index is 2.07. The number of methoxy groups -OCH3 is 2. The molecule has 7 heteroatoms. The largest absolute Gasteiger partial charge is 0.496 e. The van der Waals surface area contributed by atoms with E-state index in [0.29, 0.717) is 35.6 Å². The van der Waals surface area contributed by atoms with E-state index in [1.165, 1.54) is 0 Å². The van der Waals surface area contributed by atoms with Gasteiger partial charge < -0.3 is 24.8 Å². The highest BCUT2D eigenvalue weighted by molar-refractivity contribution is 6.30. The van der Waals surface area contributed by atoms with Crippen LogP contribution in [-0.4, -0.2) is 33.8 Å². The summed E-state index contributed by atoms with van der Waals surface area (Å²) in [7, 11) is 4.95. The molecule has 6 nitrogen and oxygen atoms in total. The van der Waals surface area contributed by atoms with Crippen molar-refractivity contribution in [3.8, 4) is 17.2 Å². The first-order valence-corrected chi connectivity index (χ1v) is 8.60. The summed E-state index contributed by atoms with van der Waals surface area (Å²) in [5.74, 6) is 2.71. The first-order valence-electron chi connectivity index (χ1n) is 8.22. The molecule has 0 atom stereocenters. The molecular formula is C19H24ClN3O3. The predicted octanol–water partition coefficient (Wildman–Crippen LogP) is 3.94. The number of aliphatic imine (C=N–C) groups is 1. The molecule has 2 N–H and O–H groups in total. The Bertz CT molecular complexity index is 766. The lowest BCUT2D eigenvalue weighted by molar-refractivity contribution is 0.311. The smallest absolute Gasteiger partial charge is 0.195 e. The van der Waals surface area contributed by atoms with Crippen LogP contribution in [0.25, 0.3) is 0 Å². The summed E-state index contributed by atoms with van der Waals surface area (Å²) in [6.45, 7) is 3.02. The second-order valence-electron chi connectivity index (χ2n) is 5.31. The van der Waals surface area contributed by atoms with Gasteiger partial charge >= 0.3 is 0 Å². The van der Waals surface area contributed by atoms with Crippen molar-refractivity contribution in [2.45, 2.75) is 13.5 Å². The van der Waals surface area contributed by atoms with Crippen LogP contribution in [-0.2, 0) is 6.54 Å². The maximum absolute atomic E-state index is 6.00. The third kappa shape index (κ3) is 5.20. The number of guanidine groups is 1. The van der Waals surface area contributed by atoms with Crippen LogP contribution in [0.3, 0.4) is 0 Å². The molecule has 0 aromatic heterocycles. The van der Waals surface area contributed by atoms with Crippen LogP contribution in [0.4, 0.5) is 5.69 Å². The fraction of sp³-hybridized carbons (Fsp3) is 0.316. The van der Waals surface area contributed by atoms with Gasteiger partial charge in [0.25, 0.3) is 0 Å². The zero-order valence-corrected chi connectivity index (χ0v) is 16.2. The van der Waals surface area contributed by atoms with Crippen LogP contribution in [0.15, 0.2) is 41.4 Å². The van der Waals surface area contributed by atoms with E-state index < -0.39 is 0 Å². The Hall–Kier alpha value is -2.60. The van der Waals surface area contributed by atoms with Crippen molar-refractivity contribution in [2.75, 3.05) is 33.2 Å². The molecular weight excluding hydrogens is 354 g/mol. The lowest BCUT2D eigenvalue weighted by Gasteiger charge is -2.15. The molecule has 0 unspecified atom stereocenters. The van der Waals surface area contributed by atoms with E-state index in [9.17, 15) is 0 Å². The standard InChI is InChI=1S/C19H24ClN3O3/c1-5-26-18-11-15(8-9-16(18)24-3)23-19(21-2)22-12-13-6-7-14(20)10-17(13)25-4/h6-11H,5,12H2,1-4H3,(H2,21,22,23). The SMILES string of the molecule is CCOc1cc(NC(=NC)NCc2ccc(Cl)cc2OC)ccc1OC. The molecule has 0 spiro atoms. The first-order chi connectivity index (χ1) is 12.6. The van der Waals surface area contributed by atoms with Crippen LogP contribution in [0, 0.1) is 0 Å². The third-order valence-electron chi connectivity index (χ3n) is 3.65. The van der Waals surface area contributed by atoms with Crippen LogP contribution < -0.4 is 24.8 Å². The van der Waals surface area contributed by atoms with Crippen molar-refractivity contribution in [2.24, 2.45) is 4.99 Å². The van der Waals surface area contributed by atoms with Gasteiger partial charge in [-0.05, 0) is 31.2 Å². The summed E-state index contributed by atoms with van der Waals surface area (Å²) in [6, 6.07) is 11.2. The molecule has 0 aliphatic rings. The Kier molecular flexibility index (Phi) is 7.41. The number of benzene rings is 2. The molecule has 2 rings (SSSR count). The Morgan fingerprint density at radius 3 is 2.46 bits per heavy atom. The number of hydrogen-bond donors (Lipinski definition) is 2. The van der Waals surface area contributed by atoms with E-state index in [0.717, 1.165) is 17.0 Å². The molecule has 0 bridgehead atoms. The summed E-state index contributed by atoms with van der Waals surface area (Å²) >= 11 is 6.00. The quantitative estimate of drug-likeness (QED) is 0.565. The minimum Gasteiger partial charge on any atom is -0.496 e. The van der Waals surface area contributed by atoms with Gasteiger partial charge in [-0.15, -0.1) is 0 Å². The van der Waals surface area contributed by atoms with E-state index in [2.05, 4.69) is 15.6 Å². The van der Waals surface area contributed by atoms with Crippen LogP contribution in [0.1, 0.15) is 12.5 Å². The van der Waals surface area contributed by atoms with Crippen LogP contribution in [0.5, 0.6) is 17.2 Å². The Labute approximate surface area is 159 Å². The van der Waals surface area contributed by atoms with Gasteiger partial charge in [0, 0.05) is 35.9 Å². The highest BCUT2D eigenvalue weighted by Gasteiger charge is 2.08. The molecule has 0 heterocycles. The molecule has 140 valence electrons. The van der Waals surface area contributed by atoms with Gasteiger partial charge in [-0.2, -0.15) is 0 Å². The monoisotopic (exact) mass is 377 g/mol. The van der Waals surface area contributed by atoms with Gasteiger partial charge in [0.2, 0.25) is 0 Å². The zero-order chi connectivity index (χ0) is 18.9. The van der Waals surface area contributed by atoms with Gasteiger partial charge in [0.1, 0.15) is 5.75 Å². The van der Waals surface area contributed by atoms with Gasteiger partial charge in [0.15, 0.2) is 17.5 Å². The molecule has 0 radical (unpaired) electrons. The fourth-order valence-corrected chi connectivity index (χ4v) is 2.54. The van der Waals surface area contributed by atoms with Crippen molar-refractivity contribution in [3.05, 3.63) is 47.0 Å². The van der Waals surface area contributed by atoms with E-state index in [1.807, 2.05) is 37.3 Å². The minimum absolute atomic E-state index is 0.536. The normalized spacial score (nSPS) is 11.0. The number of ether oxygens (including phenoxy) is 3. The number of halogens is 1. The first kappa shape index (κ1) is 19.7. The van der Waals surface area contributed by atoms with Crippen LogP contribution >= 0.6 is 11.6 Å². The topological polar surface area (TPSA) is 64.1 Å². The summed E-state index contributed by atoms with van der Waals surface area (Å²) < 4.78 is 16.3. The lowest BCUT2D eigenvalue weighted by Crippen LogP contribution is -2.30. The molecule has 0 fully saturated rings. The molecule has 0 amide bonds. The second-order valence-corrected chi connectivity index (χ2v) is 5.74. The van der Waals surface area contributed by atoms with Gasteiger partial charge in [0.05, 0.1) is 20.8 Å². The van der Waals surface area contributed by atoms with E-state index >= 15 is 0 Å². The average Bonchev–Trinajstić information content (AvgIpc) is 2.66. The minimum atomic E-state index is 0.536. The van der Waals surface area contributed by atoms with Crippen molar-refractivity contribution in [3.63, 3.8) is 0 Å². The van der Waals surface area contributed by atoms with Gasteiger partial charge in [-0.1, -0.05) is 17.7 Å². The number of nitrogens with zero attached hydrogens (tertiary/aromatic N) is 1. The van der Waals surface area contributed by atoms with E-state index in [1.54, 1.807) is 27.3 Å². The average molecular weight is 378 g/mol. The van der Waals surface area contributed by atoms with Crippen molar-refractivity contribution in [1.29, 1.82) is 0 Å². The molecule has 0 saturated heterocycles. The molecule has 2 aromatic carbocycles. The molecule has 0 aliphatic heterocycles. The number of hydrogen-bond acceptors (Lipinski definition) is 4. The maximum Gasteiger partial charge on any atom is 0.195 e. The Morgan fingerprint density at radius 2 is 1.81 bits per heavy atom. The molecule has 0 saturated carbocycles. The number of rotatable bonds is 7. The predicted molar refractivity (Wildman–Crippen MR) is 106 cm³/mol. The summed E-state index contributed by atoms with van der Waals surface area (Å²) in [6.07, 6.45) is 0. The summed E-state index contributed by atoms with van der Waals surface area (Å²) in [5.41, 5.74) is 1.81. The third-order valence-corrected chi connectivity index (χ3v) is 3.88. The highest BCUT2D eigenvalue weighted by Crippen LogP contribution is 2.30. The van der Waals surface area contributed by atoms with Crippen molar-refractivity contribution >= 4 is 23.2 Å². The highest BCUT2D eigenvalue weighted by atomic mass is 35.5. The molecule has 2 aromatic rings. The number of anilines is 1. The van der Waals surface area contributed by atoms with Crippen LogP contribution in [0.2, 0.25) is 5.02 Å². The second kappa shape index (κ2) is 9.77. The lowest BCUT2D eigenvalue weighted by atomic mass is 10.2. The van der Waals surface area contributed by atoms with Gasteiger partial charge in [-0.25, -0.2) is 0 Å². The van der Waals surface area contributed by atoms with E-state index in [4.69, 9.17) is 25.8 Å². The van der Waals surface area contributed by atoms with Crippen molar-refractivity contribution in [1.82, 2.24) is 5.32 Å².